The maximum absolute atomic E-state index is 14.6. The molecule has 1 heterocycles. The van der Waals surface area contributed by atoms with Crippen LogP contribution in [-0.4, -0.2) is 16.8 Å². The van der Waals surface area contributed by atoms with E-state index in [1.54, 1.807) is 48.7 Å². The minimum atomic E-state index is -0.667. The van der Waals surface area contributed by atoms with Crippen molar-refractivity contribution < 1.29 is 14.0 Å². The molecule has 0 saturated carbocycles. The fourth-order valence-electron chi connectivity index (χ4n) is 3.44. The van der Waals surface area contributed by atoms with Crippen LogP contribution in [-0.2, 0) is 4.79 Å². The molecule has 7 heteroatoms. The molecule has 0 radical (unpaired) electrons. The van der Waals surface area contributed by atoms with Crippen molar-refractivity contribution in [1.29, 1.82) is 0 Å². The summed E-state index contributed by atoms with van der Waals surface area (Å²) in [4.78, 5) is 27.9. The second-order valence-electron chi connectivity index (χ2n) is 7.38. The number of primary amides is 1. The van der Waals surface area contributed by atoms with Crippen LogP contribution in [0.1, 0.15) is 53.8 Å². The van der Waals surface area contributed by atoms with E-state index in [0.717, 1.165) is 5.69 Å². The molecular weight excluding hydrogens is 405 g/mol. The lowest BCUT2D eigenvalue weighted by atomic mass is 9.95. The number of aromatic nitrogens is 1. The molecule has 1 atom stereocenters. The van der Waals surface area contributed by atoms with Crippen LogP contribution >= 0.6 is 11.6 Å². The number of benzene rings is 2. The van der Waals surface area contributed by atoms with Crippen molar-refractivity contribution in [1.82, 2.24) is 10.3 Å². The van der Waals surface area contributed by atoms with Gasteiger partial charge in [0.25, 0.3) is 5.91 Å². The fourth-order valence-corrected chi connectivity index (χ4v) is 3.64. The van der Waals surface area contributed by atoms with E-state index in [4.69, 9.17) is 17.3 Å². The second kappa shape index (κ2) is 9.13. The summed E-state index contributed by atoms with van der Waals surface area (Å²) in [6.45, 7) is 3.92. The number of rotatable bonds is 7. The molecular formula is C23H23ClFN3O2. The van der Waals surface area contributed by atoms with Crippen LogP contribution < -0.4 is 11.1 Å². The maximum Gasteiger partial charge on any atom is 0.253 e. The van der Waals surface area contributed by atoms with Gasteiger partial charge in [-0.25, -0.2) is 4.39 Å². The van der Waals surface area contributed by atoms with E-state index < -0.39 is 23.7 Å². The Labute approximate surface area is 179 Å². The van der Waals surface area contributed by atoms with E-state index in [0.29, 0.717) is 27.3 Å². The number of carbonyl (C=O) groups excluding carboxylic acids is 2. The van der Waals surface area contributed by atoms with E-state index in [-0.39, 0.29) is 12.3 Å². The summed E-state index contributed by atoms with van der Waals surface area (Å²) in [5.41, 5.74) is 7.92. The first-order valence-corrected chi connectivity index (χ1v) is 9.96. The Bertz CT molecular complexity index is 1080. The van der Waals surface area contributed by atoms with E-state index in [9.17, 15) is 14.0 Å². The Kier molecular flexibility index (Phi) is 6.57. The molecule has 1 aromatic heterocycles. The van der Waals surface area contributed by atoms with Crippen molar-refractivity contribution in [2.75, 3.05) is 0 Å². The summed E-state index contributed by atoms with van der Waals surface area (Å²) in [6.07, 6.45) is 1.47. The van der Waals surface area contributed by atoms with Gasteiger partial charge in [0, 0.05) is 28.0 Å². The number of amides is 2. The number of H-pyrrole nitrogens is 1. The maximum atomic E-state index is 14.6. The highest BCUT2D eigenvalue weighted by atomic mass is 35.5. The fraction of sp³-hybridized carbons (Fsp3) is 0.217. The third-order valence-electron chi connectivity index (χ3n) is 4.84. The van der Waals surface area contributed by atoms with Gasteiger partial charge in [-0.15, -0.1) is 0 Å². The Balaban J connectivity index is 2.01. The highest BCUT2D eigenvalue weighted by Crippen LogP contribution is 2.34. The molecule has 3 rings (SSSR count). The van der Waals surface area contributed by atoms with Crippen LogP contribution in [0, 0.1) is 5.82 Å². The van der Waals surface area contributed by atoms with Gasteiger partial charge in [0.2, 0.25) is 5.91 Å². The summed E-state index contributed by atoms with van der Waals surface area (Å²) >= 11 is 6.06. The van der Waals surface area contributed by atoms with Gasteiger partial charge in [-0.2, -0.15) is 0 Å². The molecule has 0 unspecified atom stereocenters. The predicted octanol–water partition coefficient (Wildman–Crippen LogP) is 4.94. The van der Waals surface area contributed by atoms with Crippen LogP contribution in [0.2, 0.25) is 5.02 Å². The lowest BCUT2D eigenvalue weighted by molar-refractivity contribution is -0.118. The van der Waals surface area contributed by atoms with Crippen LogP contribution in [0.4, 0.5) is 4.39 Å². The van der Waals surface area contributed by atoms with Crippen molar-refractivity contribution in [3.05, 3.63) is 82.4 Å². The van der Waals surface area contributed by atoms with Crippen LogP contribution in [0.15, 0.2) is 54.7 Å². The SMILES string of the molecule is CC(C)c1[nH]cc(C(=O)N[C@@H](CC(N)=O)c2cccc(Cl)c2)c1-c1ccccc1F. The minimum absolute atomic E-state index is 0.0375. The van der Waals surface area contributed by atoms with Crippen molar-refractivity contribution in [3.8, 4) is 11.1 Å². The average molecular weight is 428 g/mol. The van der Waals surface area contributed by atoms with Gasteiger partial charge in [0.05, 0.1) is 18.0 Å². The van der Waals surface area contributed by atoms with Gasteiger partial charge in [0.15, 0.2) is 0 Å². The number of nitrogens with one attached hydrogen (secondary N) is 2. The van der Waals surface area contributed by atoms with Crippen molar-refractivity contribution >= 4 is 23.4 Å². The molecule has 4 N–H and O–H groups in total. The van der Waals surface area contributed by atoms with Gasteiger partial charge in [-0.3, -0.25) is 9.59 Å². The molecule has 0 saturated heterocycles. The zero-order valence-electron chi connectivity index (χ0n) is 16.7. The van der Waals surface area contributed by atoms with E-state index in [2.05, 4.69) is 10.3 Å². The summed E-state index contributed by atoms with van der Waals surface area (Å²) < 4.78 is 14.6. The molecule has 0 aliphatic rings. The second-order valence-corrected chi connectivity index (χ2v) is 7.81. The highest BCUT2D eigenvalue weighted by molar-refractivity contribution is 6.30. The molecule has 0 spiro atoms. The van der Waals surface area contributed by atoms with Crippen molar-refractivity contribution in [3.63, 3.8) is 0 Å². The molecule has 30 heavy (non-hydrogen) atoms. The van der Waals surface area contributed by atoms with Crippen molar-refractivity contribution in [2.45, 2.75) is 32.2 Å². The first-order chi connectivity index (χ1) is 14.3. The quantitative estimate of drug-likeness (QED) is 0.498. The Morgan fingerprint density at radius 2 is 1.90 bits per heavy atom. The van der Waals surface area contributed by atoms with Gasteiger partial charge >= 0.3 is 0 Å². The van der Waals surface area contributed by atoms with Crippen LogP contribution in [0.25, 0.3) is 11.1 Å². The summed E-state index contributed by atoms with van der Waals surface area (Å²) in [5, 5.41) is 3.33. The van der Waals surface area contributed by atoms with Gasteiger partial charge in [0.1, 0.15) is 5.82 Å². The first-order valence-electron chi connectivity index (χ1n) is 9.58. The molecule has 5 nitrogen and oxygen atoms in total. The first kappa shape index (κ1) is 21.6. The minimum Gasteiger partial charge on any atom is -0.370 e. The monoisotopic (exact) mass is 427 g/mol. The number of halogens is 2. The zero-order valence-corrected chi connectivity index (χ0v) is 17.5. The molecule has 2 aromatic carbocycles. The van der Waals surface area contributed by atoms with Crippen molar-refractivity contribution in [2.24, 2.45) is 5.73 Å². The number of hydrogen-bond donors (Lipinski definition) is 3. The molecule has 0 aliphatic carbocycles. The van der Waals surface area contributed by atoms with Gasteiger partial charge in [-0.05, 0) is 29.7 Å². The Morgan fingerprint density at radius 3 is 2.53 bits per heavy atom. The molecule has 0 fully saturated rings. The van der Waals surface area contributed by atoms with E-state index in [1.165, 1.54) is 6.07 Å². The zero-order chi connectivity index (χ0) is 21.8. The highest BCUT2D eigenvalue weighted by Gasteiger charge is 2.25. The molecule has 3 aromatic rings. The van der Waals surface area contributed by atoms with Crippen LogP contribution in [0.5, 0.6) is 0 Å². The topological polar surface area (TPSA) is 88.0 Å². The smallest absolute Gasteiger partial charge is 0.253 e. The summed E-state index contributed by atoms with van der Waals surface area (Å²) in [7, 11) is 0. The molecule has 0 aliphatic heterocycles. The Morgan fingerprint density at radius 1 is 1.17 bits per heavy atom. The molecule has 2 amide bonds. The Hall–Kier alpha value is -3.12. The summed E-state index contributed by atoms with van der Waals surface area (Å²) in [5.74, 6) is -1.39. The van der Waals surface area contributed by atoms with Gasteiger partial charge < -0.3 is 16.0 Å². The summed E-state index contributed by atoms with van der Waals surface area (Å²) in [6, 6.07) is 12.5. The standard InChI is InChI=1S/C23H23ClFN3O2/c1-13(2)22-21(16-8-3-4-9-18(16)25)17(12-27-22)23(30)28-19(11-20(26)29)14-6-5-7-15(24)10-14/h3-10,12-13,19,27H,11H2,1-2H3,(H2,26,29)(H,28,30)/t19-/m0/s1. The number of aromatic amines is 1. The average Bonchev–Trinajstić information content (AvgIpc) is 3.13. The third-order valence-corrected chi connectivity index (χ3v) is 5.07. The third kappa shape index (κ3) is 4.71. The normalized spacial score (nSPS) is 12.0. The van der Waals surface area contributed by atoms with Crippen LogP contribution in [0.3, 0.4) is 0 Å². The van der Waals surface area contributed by atoms with E-state index in [1.807, 2.05) is 13.8 Å². The van der Waals surface area contributed by atoms with Gasteiger partial charge in [-0.1, -0.05) is 55.8 Å². The number of nitrogens with two attached hydrogens (primary N) is 1. The predicted molar refractivity (Wildman–Crippen MR) is 116 cm³/mol. The number of hydrogen-bond acceptors (Lipinski definition) is 2. The lowest BCUT2D eigenvalue weighted by Gasteiger charge is -2.19. The lowest BCUT2D eigenvalue weighted by Crippen LogP contribution is -2.32. The largest absolute Gasteiger partial charge is 0.370 e. The van der Waals surface area contributed by atoms with E-state index >= 15 is 0 Å². The molecule has 156 valence electrons. The molecule has 0 bridgehead atoms. The number of carbonyl (C=O) groups is 2.